The Hall–Kier alpha value is -2.12. The fourth-order valence-electron chi connectivity index (χ4n) is 3.95. The van der Waals surface area contributed by atoms with E-state index in [9.17, 15) is 4.79 Å². The number of methoxy groups -OCH3 is 1. The zero-order valence-corrected chi connectivity index (χ0v) is 17.7. The summed E-state index contributed by atoms with van der Waals surface area (Å²) in [6.45, 7) is 1.18. The summed E-state index contributed by atoms with van der Waals surface area (Å²) in [6.07, 6.45) is 13.0. The summed E-state index contributed by atoms with van der Waals surface area (Å²) in [4.78, 5) is 15.1. The van der Waals surface area contributed by atoms with E-state index in [0.717, 1.165) is 36.9 Å². The minimum Gasteiger partial charge on any atom is -0.384 e. The first-order valence-corrected chi connectivity index (χ1v) is 10.7. The van der Waals surface area contributed by atoms with E-state index in [2.05, 4.69) is 20.1 Å². The highest BCUT2D eigenvalue weighted by atomic mass is 35.5. The molecular formula is C21H30ClN5O2. The molecule has 0 atom stereocenters. The zero-order valence-electron chi connectivity index (χ0n) is 17.0. The first kappa shape index (κ1) is 21.6. The van der Waals surface area contributed by atoms with Gasteiger partial charge in [0.15, 0.2) is 0 Å². The molecule has 1 fully saturated rings. The number of aromatic nitrogens is 3. The molecule has 4 rings (SSSR count). The number of amides is 1. The van der Waals surface area contributed by atoms with Crippen molar-refractivity contribution in [2.75, 3.05) is 19.5 Å². The number of pyridine rings is 1. The second kappa shape index (κ2) is 10.6. The molecule has 2 aromatic heterocycles. The number of nitrogen functional groups attached to an aromatic ring is 1. The van der Waals surface area contributed by atoms with E-state index in [1.807, 2.05) is 12.3 Å². The number of nitrogens with one attached hydrogen (secondary N) is 1. The Morgan fingerprint density at radius 1 is 1.24 bits per heavy atom. The number of halogens is 1. The van der Waals surface area contributed by atoms with Gasteiger partial charge in [-0.25, -0.2) is 4.98 Å². The van der Waals surface area contributed by atoms with Crippen molar-refractivity contribution in [3.8, 4) is 11.1 Å². The van der Waals surface area contributed by atoms with Gasteiger partial charge in [-0.3, -0.25) is 9.48 Å². The molecule has 0 aromatic carbocycles. The van der Waals surface area contributed by atoms with E-state index < -0.39 is 0 Å². The standard InChI is InChI=1S/C12H13ClN4.C9H17NO2/c13-10-7-15-12(14)5-8(10)9-6-16-17-4-2-1-3-11(9)17;1-12-7-9(11)10-8-5-3-2-4-6-8/h5-7H,1-4H2,(H2,14,15);8H,2-7H2,1H3,(H,10,11). The van der Waals surface area contributed by atoms with Gasteiger partial charge in [0.2, 0.25) is 5.91 Å². The molecule has 0 unspecified atom stereocenters. The number of hydrogen-bond donors (Lipinski definition) is 2. The monoisotopic (exact) mass is 419 g/mol. The lowest BCUT2D eigenvalue weighted by molar-refractivity contribution is -0.125. The normalized spacial score (nSPS) is 16.5. The maximum Gasteiger partial charge on any atom is 0.246 e. The zero-order chi connectivity index (χ0) is 20.6. The molecule has 3 heterocycles. The van der Waals surface area contributed by atoms with E-state index in [1.165, 1.54) is 37.8 Å². The largest absolute Gasteiger partial charge is 0.384 e. The first-order chi connectivity index (χ1) is 14.1. The van der Waals surface area contributed by atoms with Crippen molar-refractivity contribution in [1.29, 1.82) is 0 Å². The van der Waals surface area contributed by atoms with Crippen LogP contribution >= 0.6 is 11.6 Å². The Morgan fingerprint density at radius 2 is 2.03 bits per heavy atom. The Morgan fingerprint density at radius 3 is 2.79 bits per heavy atom. The van der Waals surface area contributed by atoms with Crippen LogP contribution in [0.5, 0.6) is 0 Å². The molecular weight excluding hydrogens is 390 g/mol. The van der Waals surface area contributed by atoms with E-state index in [0.29, 0.717) is 16.9 Å². The molecule has 1 aliphatic carbocycles. The molecule has 1 aliphatic heterocycles. The Kier molecular flexibility index (Phi) is 7.89. The summed E-state index contributed by atoms with van der Waals surface area (Å²) >= 11 is 6.18. The molecule has 1 amide bonds. The molecule has 8 heteroatoms. The highest BCUT2D eigenvalue weighted by Gasteiger charge is 2.18. The fourth-order valence-corrected chi connectivity index (χ4v) is 4.16. The van der Waals surface area contributed by atoms with Crippen molar-refractivity contribution >= 4 is 23.3 Å². The van der Waals surface area contributed by atoms with Gasteiger partial charge in [0.25, 0.3) is 0 Å². The lowest BCUT2D eigenvalue weighted by Gasteiger charge is -2.22. The van der Waals surface area contributed by atoms with Crippen molar-refractivity contribution in [1.82, 2.24) is 20.1 Å². The van der Waals surface area contributed by atoms with Crippen LogP contribution in [0.15, 0.2) is 18.5 Å². The predicted octanol–water partition coefficient (Wildman–Crippen LogP) is 3.60. The maximum absolute atomic E-state index is 11.1. The molecule has 0 spiro atoms. The average molecular weight is 420 g/mol. The van der Waals surface area contributed by atoms with Crippen LogP contribution in [0.1, 0.15) is 50.6 Å². The van der Waals surface area contributed by atoms with Crippen molar-refractivity contribution in [3.63, 3.8) is 0 Å². The second-order valence-corrected chi connectivity index (χ2v) is 8.02. The van der Waals surface area contributed by atoms with E-state index in [1.54, 1.807) is 13.3 Å². The number of fused-ring (bicyclic) bond motifs is 1. The quantitative estimate of drug-likeness (QED) is 0.789. The van der Waals surface area contributed by atoms with Gasteiger partial charge in [-0.1, -0.05) is 30.9 Å². The molecule has 0 radical (unpaired) electrons. The van der Waals surface area contributed by atoms with Gasteiger partial charge in [0.1, 0.15) is 12.4 Å². The fraction of sp³-hybridized carbons (Fsp3) is 0.571. The lowest BCUT2D eigenvalue weighted by Crippen LogP contribution is -2.38. The SMILES string of the molecule is COCC(=O)NC1CCCCC1.Nc1cc(-c2cnn3c2CCCC3)c(Cl)cn1. The lowest BCUT2D eigenvalue weighted by atomic mass is 9.95. The van der Waals surface area contributed by atoms with Gasteiger partial charge < -0.3 is 15.8 Å². The van der Waals surface area contributed by atoms with Crippen LogP contribution in [-0.2, 0) is 22.5 Å². The highest BCUT2D eigenvalue weighted by Crippen LogP contribution is 2.33. The van der Waals surface area contributed by atoms with Gasteiger partial charge in [-0.15, -0.1) is 0 Å². The number of hydrogen-bond acceptors (Lipinski definition) is 5. The van der Waals surface area contributed by atoms with Crippen molar-refractivity contribution in [3.05, 3.63) is 29.2 Å². The number of nitrogens with two attached hydrogens (primary N) is 1. The van der Waals surface area contributed by atoms with E-state index in [-0.39, 0.29) is 12.5 Å². The second-order valence-electron chi connectivity index (χ2n) is 7.61. The van der Waals surface area contributed by atoms with Crippen LogP contribution in [0, 0.1) is 0 Å². The van der Waals surface area contributed by atoms with Crippen molar-refractivity contribution in [2.24, 2.45) is 0 Å². The molecule has 0 bridgehead atoms. The van der Waals surface area contributed by atoms with Crippen LogP contribution in [0.3, 0.4) is 0 Å². The molecule has 2 aromatic rings. The van der Waals surface area contributed by atoms with Crippen molar-refractivity contribution < 1.29 is 9.53 Å². The van der Waals surface area contributed by atoms with Gasteiger partial charge in [-0.2, -0.15) is 5.10 Å². The maximum atomic E-state index is 11.1. The van der Waals surface area contributed by atoms with E-state index in [4.69, 9.17) is 22.1 Å². The summed E-state index contributed by atoms with van der Waals surface area (Å²) in [5.74, 6) is 0.504. The molecule has 3 N–H and O–H groups in total. The summed E-state index contributed by atoms with van der Waals surface area (Å²) in [6, 6.07) is 2.22. The molecule has 1 saturated carbocycles. The first-order valence-electron chi connectivity index (χ1n) is 10.3. The predicted molar refractivity (Wildman–Crippen MR) is 115 cm³/mol. The Balaban J connectivity index is 0.000000177. The summed E-state index contributed by atoms with van der Waals surface area (Å²) in [5, 5.41) is 7.98. The van der Waals surface area contributed by atoms with Crippen LogP contribution < -0.4 is 11.1 Å². The molecule has 2 aliphatic rings. The molecule has 29 heavy (non-hydrogen) atoms. The number of carbonyl (C=O) groups is 1. The summed E-state index contributed by atoms with van der Waals surface area (Å²) in [5.41, 5.74) is 8.99. The van der Waals surface area contributed by atoms with Gasteiger partial charge in [0.05, 0.1) is 11.2 Å². The van der Waals surface area contributed by atoms with Gasteiger partial charge in [-0.05, 0) is 38.2 Å². The highest BCUT2D eigenvalue weighted by molar-refractivity contribution is 6.33. The molecule has 7 nitrogen and oxygen atoms in total. The van der Waals surface area contributed by atoms with Crippen LogP contribution in [0.25, 0.3) is 11.1 Å². The number of carbonyl (C=O) groups excluding carboxylic acids is 1. The number of rotatable bonds is 4. The number of aryl methyl sites for hydroxylation is 1. The molecule has 0 saturated heterocycles. The third-order valence-corrected chi connectivity index (χ3v) is 5.70. The summed E-state index contributed by atoms with van der Waals surface area (Å²) < 4.78 is 6.79. The topological polar surface area (TPSA) is 95.1 Å². The third kappa shape index (κ3) is 5.93. The minimum atomic E-state index is 0.0180. The number of anilines is 1. The van der Waals surface area contributed by atoms with Crippen LogP contribution in [0.4, 0.5) is 5.82 Å². The Labute approximate surface area is 177 Å². The van der Waals surface area contributed by atoms with Gasteiger partial charge in [0, 0.05) is 42.7 Å². The van der Waals surface area contributed by atoms with Gasteiger partial charge >= 0.3 is 0 Å². The number of nitrogens with zero attached hydrogens (tertiary/aromatic N) is 3. The minimum absolute atomic E-state index is 0.0180. The van der Waals surface area contributed by atoms with Crippen LogP contribution in [-0.4, -0.2) is 40.4 Å². The van der Waals surface area contributed by atoms with Crippen LogP contribution in [0.2, 0.25) is 5.02 Å². The third-order valence-electron chi connectivity index (χ3n) is 5.39. The summed E-state index contributed by atoms with van der Waals surface area (Å²) in [7, 11) is 1.54. The molecule has 158 valence electrons. The smallest absolute Gasteiger partial charge is 0.246 e. The Bertz CT molecular complexity index is 817. The number of ether oxygens (including phenoxy) is 1. The van der Waals surface area contributed by atoms with E-state index >= 15 is 0 Å². The average Bonchev–Trinajstić information content (AvgIpc) is 3.15. The van der Waals surface area contributed by atoms with Crippen molar-refractivity contribution in [2.45, 2.75) is 64.0 Å².